The third-order valence-corrected chi connectivity index (χ3v) is 3.78. The second kappa shape index (κ2) is 7.35. The zero-order valence-electron chi connectivity index (χ0n) is 14.0. The molecule has 0 radical (unpaired) electrons. The number of methoxy groups -OCH3 is 1. The number of carbonyl (C=O) groups is 1. The summed E-state index contributed by atoms with van der Waals surface area (Å²) in [4.78, 5) is 12.4. The van der Waals surface area contributed by atoms with Crippen molar-refractivity contribution >= 4 is 23.2 Å². The van der Waals surface area contributed by atoms with Crippen LogP contribution < -0.4 is 10.1 Å². The summed E-state index contributed by atoms with van der Waals surface area (Å²) in [5.41, 5.74) is -2.28. The molecule has 0 spiro atoms. The SMILES string of the molecule is COc1ccc(-n2ncc(C(=O)Nc3cc(Cl)ccc3O)c2C(F)(F)F)nn1. The third-order valence-electron chi connectivity index (χ3n) is 3.54. The number of carbonyl (C=O) groups excluding carboxylic acids is 1. The topological polar surface area (TPSA) is 102 Å². The van der Waals surface area contributed by atoms with Crippen LogP contribution in [0.1, 0.15) is 16.1 Å². The van der Waals surface area contributed by atoms with E-state index in [1.54, 1.807) is 0 Å². The van der Waals surface area contributed by atoms with Gasteiger partial charge < -0.3 is 15.2 Å². The number of nitrogens with one attached hydrogen (secondary N) is 1. The number of phenols is 1. The number of nitrogens with zero attached hydrogens (tertiary/aromatic N) is 4. The van der Waals surface area contributed by atoms with Crippen molar-refractivity contribution in [3.63, 3.8) is 0 Å². The van der Waals surface area contributed by atoms with Crippen LogP contribution in [0.15, 0.2) is 36.5 Å². The Morgan fingerprint density at radius 3 is 2.61 bits per heavy atom. The number of ether oxygens (including phenoxy) is 1. The molecular formula is C16H11ClF3N5O3. The summed E-state index contributed by atoms with van der Waals surface area (Å²) in [5, 5.41) is 22.9. The Kier molecular flexibility index (Phi) is 5.10. The van der Waals surface area contributed by atoms with Crippen molar-refractivity contribution in [2.24, 2.45) is 0 Å². The number of halogens is 4. The number of phenolic OH excluding ortho intramolecular Hbond substituents is 1. The first-order chi connectivity index (χ1) is 13.2. The molecule has 3 rings (SSSR count). The van der Waals surface area contributed by atoms with Gasteiger partial charge in [0.15, 0.2) is 11.5 Å². The first-order valence-corrected chi connectivity index (χ1v) is 7.91. The molecule has 0 fully saturated rings. The molecule has 2 N–H and O–H groups in total. The van der Waals surface area contributed by atoms with E-state index in [4.69, 9.17) is 16.3 Å². The van der Waals surface area contributed by atoms with Crippen molar-refractivity contribution in [3.05, 3.63) is 52.8 Å². The van der Waals surface area contributed by atoms with E-state index in [0.29, 0.717) is 4.68 Å². The third kappa shape index (κ3) is 3.83. The zero-order valence-corrected chi connectivity index (χ0v) is 14.8. The minimum absolute atomic E-state index is 0.0962. The van der Waals surface area contributed by atoms with Gasteiger partial charge in [-0.1, -0.05) is 11.6 Å². The largest absolute Gasteiger partial charge is 0.506 e. The summed E-state index contributed by atoms with van der Waals surface area (Å²) >= 11 is 5.77. The van der Waals surface area contributed by atoms with Crippen molar-refractivity contribution in [1.82, 2.24) is 20.0 Å². The predicted molar refractivity (Wildman–Crippen MR) is 91.8 cm³/mol. The lowest BCUT2D eigenvalue weighted by Crippen LogP contribution is -2.21. The van der Waals surface area contributed by atoms with Crippen LogP contribution in [0.2, 0.25) is 5.02 Å². The Hall–Kier alpha value is -3.34. The number of hydrogen-bond acceptors (Lipinski definition) is 6. The van der Waals surface area contributed by atoms with Crippen molar-refractivity contribution in [2.45, 2.75) is 6.18 Å². The van der Waals surface area contributed by atoms with Crippen molar-refractivity contribution < 1.29 is 27.8 Å². The molecule has 2 aromatic heterocycles. The smallest absolute Gasteiger partial charge is 0.434 e. The van der Waals surface area contributed by atoms with Gasteiger partial charge in [0.2, 0.25) is 5.88 Å². The maximum atomic E-state index is 13.6. The summed E-state index contributed by atoms with van der Waals surface area (Å²) in [5.74, 6) is -1.67. The van der Waals surface area contributed by atoms with Crippen LogP contribution in [0, 0.1) is 0 Å². The van der Waals surface area contributed by atoms with Crippen LogP contribution in [-0.2, 0) is 6.18 Å². The fraction of sp³-hybridized carbons (Fsp3) is 0.125. The fourth-order valence-corrected chi connectivity index (χ4v) is 2.47. The maximum Gasteiger partial charge on any atom is 0.434 e. The van der Waals surface area contributed by atoms with Gasteiger partial charge in [-0.25, -0.2) is 4.68 Å². The predicted octanol–water partition coefficient (Wildman–Crippen LogP) is 3.30. The van der Waals surface area contributed by atoms with E-state index < -0.39 is 23.3 Å². The number of aromatic nitrogens is 4. The van der Waals surface area contributed by atoms with Gasteiger partial charge in [0.05, 0.1) is 24.6 Å². The lowest BCUT2D eigenvalue weighted by Gasteiger charge is -2.12. The molecule has 0 atom stereocenters. The van der Waals surface area contributed by atoms with Crippen LogP contribution >= 0.6 is 11.6 Å². The summed E-state index contributed by atoms with van der Waals surface area (Å²) in [6, 6.07) is 6.25. The van der Waals surface area contributed by atoms with Gasteiger partial charge in [-0.15, -0.1) is 10.2 Å². The number of hydrogen-bond donors (Lipinski definition) is 2. The summed E-state index contributed by atoms with van der Waals surface area (Å²) < 4.78 is 46.1. The molecule has 8 nitrogen and oxygen atoms in total. The van der Waals surface area contributed by atoms with Gasteiger partial charge in [-0.05, 0) is 24.3 Å². The molecule has 0 aliphatic heterocycles. The molecule has 0 aliphatic rings. The van der Waals surface area contributed by atoms with Crippen LogP contribution in [0.3, 0.4) is 0 Å². The van der Waals surface area contributed by atoms with E-state index in [2.05, 4.69) is 20.6 Å². The highest BCUT2D eigenvalue weighted by molar-refractivity contribution is 6.31. The van der Waals surface area contributed by atoms with Gasteiger partial charge >= 0.3 is 6.18 Å². The Bertz CT molecular complexity index is 1020. The molecule has 1 aromatic carbocycles. The minimum atomic E-state index is -4.93. The molecule has 0 bridgehead atoms. The maximum absolute atomic E-state index is 13.6. The molecule has 2 heterocycles. The van der Waals surface area contributed by atoms with E-state index in [0.717, 1.165) is 6.20 Å². The monoisotopic (exact) mass is 413 g/mol. The standard InChI is InChI=1S/C16H11ClF3N5O3/c1-28-13-5-4-12(23-24-13)25-14(16(18,19)20)9(7-21-25)15(27)22-10-6-8(17)2-3-11(10)26/h2-7,26H,1H3,(H,22,27). The van der Waals surface area contributed by atoms with E-state index in [1.807, 2.05) is 0 Å². The van der Waals surface area contributed by atoms with Crippen LogP contribution in [0.25, 0.3) is 5.82 Å². The molecule has 28 heavy (non-hydrogen) atoms. The van der Waals surface area contributed by atoms with Gasteiger partial charge in [-0.2, -0.15) is 18.3 Å². The second-order valence-electron chi connectivity index (χ2n) is 5.37. The minimum Gasteiger partial charge on any atom is -0.506 e. The van der Waals surface area contributed by atoms with E-state index >= 15 is 0 Å². The molecule has 0 aliphatic carbocycles. The Morgan fingerprint density at radius 2 is 2.00 bits per heavy atom. The molecule has 12 heteroatoms. The number of alkyl halides is 3. The van der Waals surface area contributed by atoms with Gasteiger partial charge in [0.25, 0.3) is 5.91 Å². The summed E-state index contributed by atoms with van der Waals surface area (Å²) in [6.07, 6.45) is -4.19. The highest BCUT2D eigenvalue weighted by Crippen LogP contribution is 2.34. The fourth-order valence-electron chi connectivity index (χ4n) is 2.29. The number of aromatic hydroxyl groups is 1. The van der Waals surface area contributed by atoms with Crippen molar-refractivity contribution in [1.29, 1.82) is 0 Å². The number of amides is 1. The number of anilines is 1. The van der Waals surface area contributed by atoms with E-state index in [1.165, 1.54) is 37.4 Å². The molecule has 146 valence electrons. The molecular weight excluding hydrogens is 403 g/mol. The van der Waals surface area contributed by atoms with Crippen molar-refractivity contribution in [3.8, 4) is 17.4 Å². The zero-order chi connectivity index (χ0) is 20.5. The van der Waals surface area contributed by atoms with Crippen LogP contribution in [0.5, 0.6) is 11.6 Å². The van der Waals surface area contributed by atoms with Gasteiger partial charge in [-0.3, -0.25) is 4.79 Å². The molecule has 0 saturated heterocycles. The van der Waals surface area contributed by atoms with Crippen LogP contribution in [0.4, 0.5) is 18.9 Å². The summed E-state index contributed by atoms with van der Waals surface area (Å²) in [7, 11) is 1.33. The lowest BCUT2D eigenvalue weighted by molar-refractivity contribution is -0.143. The molecule has 3 aromatic rings. The molecule has 1 amide bonds. The number of benzene rings is 1. The van der Waals surface area contributed by atoms with Gasteiger partial charge in [0.1, 0.15) is 5.75 Å². The first-order valence-electron chi connectivity index (χ1n) is 7.54. The Balaban J connectivity index is 2.02. The highest BCUT2D eigenvalue weighted by Gasteiger charge is 2.41. The average Bonchev–Trinajstić information content (AvgIpc) is 3.10. The van der Waals surface area contributed by atoms with E-state index in [-0.39, 0.29) is 28.2 Å². The highest BCUT2D eigenvalue weighted by atomic mass is 35.5. The average molecular weight is 414 g/mol. The second-order valence-corrected chi connectivity index (χ2v) is 5.80. The lowest BCUT2D eigenvalue weighted by atomic mass is 10.2. The quantitative estimate of drug-likeness (QED) is 0.636. The Labute approximate surface area is 160 Å². The van der Waals surface area contributed by atoms with Crippen LogP contribution in [-0.4, -0.2) is 38.1 Å². The summed E-state index contributed by atoms with van der Waals surface area (Å²) in [6.45, 7) is 0. The van der Waals surface area contributed by atoms with E-state index in [9.17, 15) is 23.1 Å². The molecule has 0 unspecified atom stereocenters. The first kappa shape index (κ1) is 19.4. The normalized spacial score (nSPS) is 11.3. The van der Waals surface area contributed by atoms with Gasteiger partial charge in [0, 0.05) is 11.1 Å². The van der Waals surface area contributed by atoms with Crippen molar-refractivity contribution in [2.75, 3.05) is 12.4 Å². The Morgan fingerprint density at radius 1 is 1.25 bits per heavy atom. The number of rotatable bonds is 4. The molecule has 0 saturated carbocycles.